The summed E-state index contributed by atoms with van der Waals surface area (Å²) in [5.74, 6) is 0.234. The number of aromatic amines is 3. The molecule has 7 heteroatoms. The number of nitrogens with zero attached hydrogens (tertiary/aromatic N) is 1. The zero-order valence-electron chi connectivity index (χ0n) is 11.4. The molecule has 3 N–H and O–H groups in total. The van der Waals surface area contributed by atoms with Crippen LogP contribution >= 0.6 is 11.3 Å². The maximum absolute atomic E-state index is 12.4. The lowest BCUT2D eigenvalue weighted by Gasteiger charge is -2.38. The van der Waals surface area contributed by atoms with Gasteiger partial charge in [-0.2, -0.15) is 0 Å². The molecule has 3 aromatic rings. The highest BCUT2D eigenvalue weighted by molar-refractivity contribution is 7.17. The summed E-state index contributed by atoms with van der Waals surface area (Å²) in [5.41, 5.74) is 3.60. The van der Waals surface area contributed by atoms with Crippen molar-refractivity contribution in [1.29, 1.82) is 0 Å². The van der Waals surface area contributed by atoms with Crippen LogP contribution in [0.4, 0.5) is 0 Å². The van der Waals surface area contributed by atoms with E-state index in [9.17, 15) is 9.59 Å². The third-order valence-electron chi connectivity index (χ3n) is 3.99. The van der Waals surface area contributed by atoms with Gasteiger partial charge in [0.15, 0.2) is 0 Å². The van der Waals surface area contributed by atoms with Crippen LogP contribution in [0.25, 0.3) is 10.2 Å². The van der Waals surface area contributed by atoms with Gasteiger partial charge in [-0.3, -0.25) is 14.7 Å². The van der Waals surface area contributed by atoms with Gasteiger partial charge >= 0.3 is 0 Å². The molecule has 1 aliphatic heterocycles. The van der Waals surface area contributed by atoms with Gasteiger partial charge in [0.1, 0.15) is 5.69 Å². The van der Waals surface area contributed by atoms with Crippen molar-refractivity contribution >= 4 is 27.5 Å². The number of thiophene rings is 1. The Morgan fingerprint density at radius 3 is 2.81 bits per heavy atom. The van der Waals surface area contributed by atoms with Crippen LogP contribution in [0.3, 0.4) is 0 Å². The normalized spacial score (nSPS) is 15.6. The molecule has 0 radical (unpaired) electrons. The summed E-state index contributed by atoms with van der Waals surface area (Å²) in [6, 6.07) is 3.47. The summed E-state index contributed by atoms with van der Waals surface area (Å²) >= 11 is 1.64. The predicted octanol–water partition coefficient (Wildman–Crippen LogP) is 1.79. The number of aryl methyl sites for hydroxylation is 1. The molecule has 0 saturated carbocycles. The smallest absolute Gasteiger partial charge is 0.270 e. The molecular weight excluding hydrogens is 288 g/mol. The zero-order chi connectivity index (χ0) is 14.6. The van der Waals surface area contributed by atoms with Crippen molar-refractivity contribution in [3.8, 4) is 0 Å². The number of carbonyl (C=O) groups excluding carboxylic acids is 1. The standard InChI is InChI=1S/C14H14N4O2S/c1-7-6-21-11-2-10(15-13(7)11)14(20)18-4-8(5-18)9-3-12(19)17-16-9/h2-3,6,8,15H,4-5H2,1H3,(H2,16,17,19). The molecule has 0 unspecified atom stereocenters. The quantitative estimate of drug-likeness (QED) is 0.674. The van der Waals surface area contributed by atoms with Gasteiger partial charge in [0.2, 0.25) is 0 Å². The number of aromatic nitrogens is 3. The number of fused-ring (bicyclic) bond motifs is 1. The first-order chi connectivity index (χ1) is 10.1. The van der Waals surface area contributed by atoms with Gasteiger partial charge in [-0.1, -0.05) is 0 Å². The van der Waals surface area contributed by atoms with Crippen molar-refractivity contribution < 1.29 is 4.79 Å². The topological polar surface area (TPSA) is 84.8 Å². The molecule has 0 atom stereocenters. The molecule has 1 fully saturated rings. The van der Waals surface area contributed by atoms with E-state index in [1.807, 2.05) is 13.0 Å². The Labute approximate surface area is 123 Å². The number of amides is 1. The van der Waals surface area contributed by atoms with E-state index >= 15 is 0 Å². The van der Waals surface area contributed by atoms with Gasteiger partial charge in [0.05, 0.1) is 10.2 Å². The molecule has 0 bridgehead atoms. The number of carbonyl (C=O) groups is 1. The lowest BCUT2D eigenvalue weighted by Crippen LogP contribution is -2.48. The number of H-pyrrole nitrogens is 3. The first kappa shape index (κ1) is 12.5. The summed E-state index contributed by atoms with van der Waals surface area (Å²) in [6.45, 7) is 3.31. The molecule has 4 rings (SSSR count). The number of hydrogen-bond donors (Lipinski definition) is 3. The van der Waals surface area contributed by atoms with E-state index in [-0.39, 0.29) is 17.4 Å². The van der Waals surface area contributed by atoms with Crippen molar-refractivity contribution in [2.24, 2.45) is 0 Å². The highest BCUT2D eigenvalue weighted by Crippen LogP contribution is 2.29. The molecule has 0 spiro atoms. The van der Waals surface area contributed by atoms with Gasteiger partial charge in [0.25, 0.3) is 11.5 Å². The van der Waals surface area contributed by atoms with Crippen LogP contribution in [0, 0.1) is 6.92 Å². The summed E-state index contributed by atoms with van der Waals surface area (Å²) < 4.78 is 1.11. The molecule has 0 aliphatic carbocycles. The first-order valence-corrected chi connectivity index (χ1v) is 7.63. The molecule has 6 nitrogen and oxygen atoms in total. The molecule has 1 aliphatic rings. The van der Waals surface area contributed by atoms with Gasteiger partial charge in [0, 0.05) is 30.8 Å². The molecule has 21 heavy (non-hydrogen) atoms. The molecule has 1 amide bonds. The number of rotatable bonds is 2. The van der Waals surface area contributed by atoms with Crippen LogP contribution in [0.15, 0.2) is 22.3 Å². The second kappa shape index (κ2) is 4.36. The van der Waals surface area contributed by atoms with E-state index in [0.29, 0.717) is 18.8 Å². The average molecular weight is 302 g/mol. The van der Waals surface area contributed by atoms with Crippen LogP contribution in [0.5, 0.6) is 0 Å². The van der Waals surface area contributed by atoms with Crippen molar-refractivity contribution in [2.75, 3.05) is 13.1 Å². The second-order valence-electron chi connectivity index (χ2n) is 5.46. The maximum atomic E-state index is 12.4. The zero-order valence-corrected chi connectivity index (χ0v) is 12.2. The molecule has 4 heterocycles. The van der Waals surface area contributed by atoms with Crippen LogP contribution in [-0.2, 0) is 0 Å². The van der Waals surface area contributed by atoms with Crippen molar-refractivity contribution in [1.82, 2.24) is 20.1 Å². The van der Waals surface area contributed by atoms with E-state index in [2.05, 4.69) is 20.6 Å². The monoisotopic (exact) mass is 302 g/mol. The fourth-order valence-corrected chi connectivity index (χ4v) is 3.66. The minimum Gasteiger partial charge on any atom is -0.350 e. The van der Waals surface area contributed by atoms with E-state index in [0.717, 1.165) is 15.9 Å². The summed E-state index contributed by atoms with van der Waals surface area (Å²) in [5, 5.41) is 7.46. The fourth-order valence-electron chi connectivity index (χ4n) is 2.73. The second-order valence-corrected chi connectivity index (χ2v) is 6.37. The van der Waals surface area contributed by atoms with Gasteiger partial charge in [-0.25, -0.2) is 0 Å². The number of likely N-dealkylation sites (tertiary alicyclic amines) is 1. The Bertz CT molecular complexity index is 878. The van der Waals surface area contributed by atoms with Gasteiger partial charge in [-0.05, 0) is 23.9 Å². The maximum Gasteiger partial charge on any atom is 0.270 e. The van der Waals surface area contributed by atoms with Gasteiger partial charge < -0.3 is 15.0 Å². The Morgan fingerprint density at radius 2 is 2.14 bits per heavy atom. The van der Waals surface area contributed by atoms with Crippen LogP contribution in [-0.4, -0.2) is 39.1 Å². The largest absolute Gasteiger partial charge is 0.350 e. The van der Waals surface area contributed by atoms with Crippen LogP contribution in [0.2, 0.25) is 0 Å². The SMILES string of the molecule is Cc1csc2cc(C(=O)N3CC(c4cc(=O)[nH][nH]4)C3)[nH]c12. The third-order valence-corrected chi connectivity index (χ3v) is 5.04. The minimum atomic E-state index is -0.130. The Hall–Kier alpha value is -2.28. The van der Waals surface area contributed by atoms with Crippen LogP contribution < -0.4 is 5.56 Å². The summed E-state index contributed by atoms with van der Waals surface area (Å²) in [7, 11) is 0. The molecule has 0 aromatic carbocycles. The lowest BCUT2D eigenvalue weighted by molar-refractivity contribution is 0.0593. The molecular formula is C14H14N4O2S. The van der Waals surface area contributed by atoms with E-state index < -0.39 is 0 Å². The predicted molar refractivity (Wildman–Crippen MR) is 81.0 cm³/mol. The van der Waals surface area contributed by atoms with E-state index in [1.165, 1.54) is 5.56 Å². The third kappa shape index (κ3) is 1.92. The Balaban J connectivity index is 1.50. The molecule has 108 valence electrons. The lowest BCUT2D eigenvalue weighted by atomic mass is 9.96. The average Bonchev–Trinajstić information content (AvgIpc) is 3.06. The van der Waals surface area contributed by atoms with Gasteiger partial charge in [-0.15, -0.1) is 11.3 Å². The Morgan fingerprint density at radius 1 is 1.33 bits per heavy atom. The Kier molecular flexibility index (Phi) is 2.58. The first-order valence-electron chi connectivity index (χ1n) is 6.75. The van der Waals surface area contributed by atoms with Crippen molar-refractivity contribution in [2.45, 2.75) is 12.8 Å². The van der Waals surface area contributed by atoms with E-state index in [1.54, 1.807) is 22.3 Å². The molecule has 3 aromatic heterocycles. The van der Waals surface area contributed by atoms with Crippen LogP contribution in [0.1, 0.15) is 27.7 Å². The summed E-state index contributed by atoms with van der Waals surface area (Å²) in [6.07, 6.45) is 0. The fraction of sp³-hybridized carbons (Fsp3) is 0.286. The number of hydrogen-bond acceptors (Lipinski definition) is 3. The highest BCUT2D eigenvalue weighted by Gasteiger charge is 2.34. The van der Waals surface area contributed by atoms with Crippen molar-refractivity contribution in [3.05, 3.63) is 44.8 Å². The minimum absolute atomic E-state index is 0.0203. The molecule has 1 saturated heterocycles. The number of nitrogens with one attached hydrogen (secondary N) is 3. The van der Waals surface area contributed by atoms with Crippen molar-refractivity contribution in [3.63, 3.8) is 0 Å². The summed E-state index contributed by atoms with van der Waals surface area (Å²) in [4.78, 5) is 28.5. The highest BCUT2D eigenvalue weighted by atomic mass is 32.1. The van der Waals surface area contributed by atoms with E-state index in [4.69, 9.17) is 0 Å².